The highest BCUT2D eigenvalue weighted by Gasteiger charge is 2.38. The topological polar surface area (TPSA) is 66.6 Å². The van der Waals surface area contributed by atoms with Gasteiger partial charge in [-0.25, -0.2) is 4.39 Å². The number of piperidine rings is 2. The number of nitrogens with two attached hydrogens (primary N) is 1. The molecule has 1 aromatic carbocycles. The van der Waals surface area contributed by atoms with Gasteiger partial charge in [0.15, 0.2) is 0 Å². The number of carbonyl (C=O) groups is 2. The van der Waals surface area contributed by atoms with Gasteiger partial charge in [0, 0.05) is 37.8 Å². The molecule has 2 unspecified atom stereocenters. The highest BCUT2D eigenvalue weighted by atomic mass is 19.1. The largest absolute Gasteiger partial charge is 0.342 e. The normalized spacial score (nSPS) is 25.8. The lowest BCUT2D eigenvalue weighted by molar-refractivity contribution is -0.140. The highest BCUT2D eigenvalue weighted by molar-refractivity contribution is 5.94. The lowest BCUT2D eigenvalue weighted by Gasteiger charge is -2.44. The number of hydrogen-bond donors (Lipinski definition) is 1. The van der Waals surface area contributed by atoms with Gasteiger partial charge in [0.25, 0.3) is 5.91 Å². The predicted octanol–water partition coefficient (Wildman–Crippen LogP) is 2.26. The molecule has 26 heavy (non-hydrogen) atoms. The van der Waals surface area contributed by atoms with Gasteiger partial charge in [-0.1, -0.05) is 13.8 Å². The summed E-state index contributed by atoms with van der Waals surface area (Å²) < 4.78 is 13.1. The maximum absolute atomic E-state index is 13.1. The molecule has 5 nitrogen and oxygen atoms in total. The minimum Gasteiger partial charge on any atom is -0.342 e. The van der Waals surface area contributed by atoms with E-state index in [0.29, 0.717) is 31.7 Å². The van der Waals surface area contributed by atoms with E-state index >= 15 is 0 Å². The second-order valence-electron chi connectivity index (χ2n) is 8.24. The van der Waals surface area contributed by atoms with Crippen LogP contribution in [0.25, 0.3) is 0 Å². The van der Waals surface area contributed by atoms with Crippen LogP contribution in [0.15, 0.2) is 24.3 Å². The Morgan fingerprint density at radius 3 is 2.46 bits per heavy atom. The summed E-state index contributed by atoms with van der Waals surface area (Å²) in [6.07, 6.45) is 2.42. The number of carbonyl (C=O) groups excluding carboxylic acids is 2. The smallest absolute Gasteiger partial charge is 0.253 e. The fraction of sp³-hybridized carbons (Fsp3) is 0.600. The Labute approximate surface area is 154 Å². The molecule has 0 saturated carbocycles. The second kappa shape index (κ2) is 7.35. The molecule has 6 heteroatoms. The zero-order chi connectivity index (χ0) is 18.9. The molecule has 2 N–H and O–H groups in total. The average molecular weight is 361 g/mol. The maximum Gasteiger partial charge on any atom is 0.253 e. The maximum atomic E-state index is 13.1. The van der Waals surface area contributed by atoms with E-state index in [-0.39, 0.29) is 35.0 Å². The third kappa shape index (κ3) is 3.90. The zero-order valence-electron chi connectivity index (χ0n) is 15.6. The molecule has 0 aliphatic carbocycles. The summed E-state index contributed by atoms with van der Waals surface area (Å²) in [6, 6.07) is 5.68. The van der Waals surface area contributed by atoms with Crippen molar-refractivity contribution in [3.63, 3.8) is 0 Å². The lowest BCUT2D eigenvalue weighted by atomic mass is 9.79. The number of hydrogen-bond acceptors (Lipinski definition) is 3. The number of nitrogens with zero attached hydrogens (tertiary/aromatic N) is 2. The number of likely N-dealkylation sites (tertiary alicyclic amines) is 2. The number of halogens is 1. The molecule has 2 saturated heterocycles. The Morgan fingerprint density at radius 1 is 1.12 bits per heavy atom. The molecule has 3 rings (SSSR count). The molecule has 1 aromatic rings. The van der Waals surface area contributed by atoms with Gasteiger partial charge in [0.1, 0.15) is 5.82 Å². The van der Waals surface area contributed by atoms with Crippen LogP contribution in [-0.4, -0.2) is 53.8 Å². The summed E-state index contributed by atoms with van der Waals surface area (Å²) >= 11 is 0. The molecule has 2 amide bonds. The van der Waals surface area contributed by atoms with Crippen LogP contribution in [0.3, 0.4) is 0 Å². The molecular weight excluding hydrogens is 333 g/mol. The van der Waals surface area contributed by atoms with Gasteiger partial charge < -0.3 is 15.5 Å². The van der Waals surface area contributed by atoms with Crippen molar-refractivity contribution >= 4 is 11.8 Å². The summed E-state index contributed by atoms with van der Waals surface area (Å²) in [5, 5.41) is 0. The Bertz CT molecular complexity index is 674. The lowest BCUT2D eigenvalue weighted by Crippen LogP contribution is -2.56. The standard InChI is InChI=1S/C20H28FN3O2/c1-20(2)13-24(11-9-17(20)22)19(26)15-4-3-10-23(12-15)18(25)14-5-7-16(21)8-6-14/h5-8,15,17H,3-4,9-13,22H2,1-2H3. The third-order valence-electron chi connectivity index (χ3n) is 5.77. The van der Waals surface area contributed by atoms with Crippen molar-refractivity contribution in [2.75, 3.05) is 26.2 Å². The average Bonchev–Trinajstić information content (AvgIpc) is 2.63. The first-order valence-corrected chi connectivity index (χ1v) is 9.37. The summed E-state index contributed by atoms with van der Waals surface area (Å²) in [6.45, 7) is 6.61. The van der Waals surface area contributed by atoms with Crippen LogP contribution in [0.4, 0.5) is 4.39 Å². The molecule has 2 aliphatic heterocycles. The molecule has 2 fully saturated rings. The van der Waals surface area contributed by atoms with E-state index in [4.69, 9.17) is 5.73 Å². The molecule has 2 heterocycles. The monoisotopic (exact) mass is 361 g/mol. The SMILES string of the molecule is CC1(C)CN(C(=O)C2CCCN(C(=O)c3ccc(F)cc3)C2)CCC1N. The molecule has 2 aliphatic rings. The highest BCUT2D eigenvalue weighted by Crippen LogP contribution is 2.30. The van der Waals surface area contributed by atoms with Crippen LogP contribution in [0.5, 0.6) is 0 Å². The molecule has 0 aromatic heterocycles. The third-order valence-corrected chi connectivity index (χ3v) is 5.77. The number of rotatable bonds is 2. The van der Waals surface area contributed by atoms with Crippen molar-refractivity contribution in [3.8, 4) is 0 Å². The molecule has 142 valence electrons. The second-order valence-corrected chi connectivity index (χ2v) is 8.24. The van der Waals surface area contributed by atoms with Gasteiger partial charge >= 0.3 is 0 Å². The van der Waals surface area contributed by atoms with Crippen LogP contribution < -0.4 is 5.73 Å². The Kier molecular flexibility index (Phi) is 5.32. The van der Waals surface area contributed by atoms with Crippen LogP contribution in [0.1, 0.15) is 43.5 Å². The zero-order valence-corrected chi connectivity index (χ0v) is 15.6. The van der Waals surface area contributed by atoms with Crippen molar-refractivity contribution in [1.29, 1.82) is 0 Å². The Morgan fingerprint density at radius 2 is 1.81 bits per heavy atom. The number of benzene rings is 1. The quantitative estimate of drug-likeness (QED) is 0.879. The van der Waals surface area contributed by atoms with Crippen LogP contribution in [-0.2, 0) is 4.79 Å². The Hall–Kier alpha value is -1.95. The van der Waals surface area contributed by atoms with Crippen molar-refractivity contribution in [2.45, 2.75) is 39.2 Å². The molecule has 0 bridgehead atoms. The molecule has 0 radical (unpaired) electrons. The van der Waals surface area contributed by atoms with Crippen molar-refractivity contribution in [2.24, 2.45) is 17.1 Å². The van der Waals surface area contributed by atoms with Gasteiger partial charge in [-0.3, -0.25) is 9.59 Å². The van der Waals surface area contributed by atoms with E-state index in [1.807, 2.05) is 4.90 Å². The van der Waals surface area contributed by atoms with E-state index in [9.17, 15) is 14.0 Å². The minimum atomic E-state index is -0.362. The fourth-order valence-corrected chi connectivity index (χ4v) is 3.96. The summed E-state index contributed by atoms with van der Waals surface area (Å²) in [4.78, 5) is 29.3. The van der Waals surface area contributed by atoms with Crippen LogP contribution in [0.2, 0.25) is 0 Å². The van der Waals surface area contributed by atoms with E-state index in [0.717, 1.165) is 19.3 Å². The van der Waals surface area contributed by atoms with Gasteiger partial charge in [-0.2, -0.15) is 0 Å². The van der Waals surface area contributed by atoms with Gasteiger partial charge in [0.2, 0.25) is 5.91 Å². The van der Waals surface area contributed by atoms with Crippen molar-refractivity contribution in [3.05, 3.63) is 35.6 Å². The first-order valence-electron chi connectivity index (χ1n) is 9.37. The van der Waals surface area contributed by atoms with Gasteiger partial charge in [-0.05, 0) is 48.9 Å². The number of amides is 2. The predicted molar refractivity (Wildman–Crippen MR) is 98.0 cm³/mol. The minimum absolute atomic E-state index is 0.0911. The van der Waals surface area contributed by atoms with Gasteiger partial charge in [-0.15, -0.1) is 0 Å². The first-order chi connectivity index (χ1) is 12.3. The molecule has 0 spiro atoms. The first kappa shape index (κ1) is 18.8. The summed E-state index contributed by atoms with van der Waals surface area (Å²) in [7, 11) is 0. The fourth-order valence-electron chi connectivity index (χ4n) is 3.96. The summed E-state index contributed by atoms with van der Waals surface area (Å²) in [5.41, 5.74) is 6.54. The van der Waals surface area contributed by atoms with E-state index in [2.05, 4.69) is 13.8 Å². The Balaban J connectivity index is 1.65. The van der Waals surface area contributed by atoms with Gasteiger partial charge in [0.05, 0.1) is 5.92 Å². The summed E-state index contributed by atoms with van der Waals surface area (Å²) in [5.74, 6) is -0.539. The van der Waals surface area contributed by atoms with E-state index < -0.39 is 0 Å². The van der Waals surface area contributed by atoms with Crippen molar-refractivity contribution in [1.82, 2.24) is 9.80 Å². The van der Waals surface area contributed by atoms with E-state index in [1.165, 1.54) is 24.3 Å². The molecular formula is C20H28FN3O2. The van der Waals surface area contributed by atoms with Crippen molar-refractivity contribution < 1.29 is 14.0 Å². The van der Waals surface area contributed by atoms with Crippen LogP contribution >= 0.6 is 0 Å². The molecule has 2 atom stereocenters. The van der Waals surface area contributed by atoms with Crippen LogP contribution in [0, 0.1) is 17.2 Å². The van der Waals surface area contributed by atoms with E-state index in [1.54, 1.807) is 4.90 Å².